The highest BCUT2D eigenvalue weighted by Crippen LogP contribution is 2.47. The molecule has 0 aliphatic heterocycles. The van der Waals surface area contributed by atoms with Gasteiger partial charge < -0.3 is 4.42 Å². The van der Waals surface area contributed by atoms with E-state index in [2.05, 4.69) is 12.6 Å². The van der Waals surface area contributed by atoms with Crippen molar-refractivity contribution in [3.05, 3.63) is 176 Å². The molecule has 8 rings (SSSR count). The minimum absolute atomic E-state index is 0.0290. The van der Waals surface area contributed by atoms with Gasteiger partial charge in [-0.1, -0.05) is 152 Å². The molecule has 212 valence electrons. The van der Waals surface area contributed by atoms with Gasteiger partial charge in [-0.3, -0.25) is 0 Å². The van der Waals surface area contributed by atoms with Gasteiger partial charge >= 0.3 is 0 Å². The van der Waals surface area contributed by atoms with Crippen molar-refractivity contribution in [3.8, 4) is 33.4 Å². The molecule has 45 heavy (non-hydrogen) atoms. The standard InChI is InChI=1S/C44H30O/c1-2-3-4-6-16-30-27-39(44-38-25-13-14-26-40(38)45-41(44)28-30)43-36-23-11-9-21-34(36)42(35-22-10-12-24-37(35)43)33-20-15-19-32(29-33)31-17-7-5-8-18-31/h2-29H,1H2/b4-3-,16-6+/i5D,7D,8D,15D,17D,18D,19D,20D,29D. The van der Waals surface area contributed by atoms with E-state index in [4.69, 9.17) is 14.0 Å². The van der Waals surface area contributed by atoms with Crippen LogP contribution in [0.4, 0.5) is 0 Å². The summed E-state index contributed by atoms with van der Waals surface area (Å²) in [5.41, 5.74) is 4.00. The first-order valence-electron chi connectivity index (χ1n) is 19.1. The molecule has 0 aliphatic rings. The fourth-order valence-corrected chi connectivity index (χ4v) is 6.14. The Balaban J connectivity index is 1.53. The lowest BCUT2D eigenvalue weighted by Gasteiger charge is -2.19. The Hall–Kier alpha value is -5.92. The Bertz CT molecular complexity index is 2870. The van der Waals surface area contributed by atoms with E-state index in [1.54, 1.807) is 6.08 Å². The largest absolute Gasteiger partial charge is 0.456 e. The quantitative estimate of drug-likeness (QED) is 0.140. The molecule has 0 aliphatic carbocycles. The molecule has 0 radical (unpaired) electrons. The second kappa shape index (κ2) is 11.3. The average Bonchev–Trinajstić information content (AvgIpc) is 3.56. The molecule has 1 heteroatoms. The van der Waals surface area contributed by atoms with Crippen LogP contribution in [0.1, 0.15) is 17.9 Å². The van der Waals surface area contributed by atoms with Crippen LogP contribution < -0.4 is 0 Å². The Kier molecular flexibility index (Phi) is 4.69. The number of para-hydroxylation sites is 1. The number of furan rings is 1. The fourth-order valence-electron chi connectivity index (χ4n) is 6.14. The molecule has 8 aromatic rings. The Morgan fingerprint density at radius 1 is 0.556 bits per heavy atom. The third-order valence-electron chi connectivity index (χ3n) is 7.97. The fraction of sp³-hybridized carbons (Fsp3) is 0. The first-order chi connectivity index (χ1) is 26.0. The van der Waals surface area contributed by atoms with Crippen molar-refractivity contribution in [2.45, 2.75) is 0 Å². The number of hydrogen-bond acceptors (Lipinski definition) is 1. The van der Waals surface area contributed by atoms with Crippen molar-refractivity contribution in [1.82, 2.24) is 0 Å². The zero-order valence-electron chi connectivity index (χ0n) is 33.1. The third-order valence-corrected chi connectivity index (χ3v) is 7.97. The van der Waals surface area contributed by atoms with Gasteiger partial charge in [-0.2, -0.15) is 0 Å². The van der Waals surface area contributed by atoms with Crippen LogP contribution in [0, 0.1) is 0 Å². The number of hydrogen-bond donors (Lipinski definition) is 0. The summed E-state index contributed by atoms with van der Waals surface area (Å²) in [6.07, 6.45) is 9.37. The molecule has 0 amide bonds. The van der Waals surface area contributed by atoms with E-state index in [0.717, 1.165) is 43.8 Å². The number of benzene rings is 7. The van der Waals surface area contributed by atoms with Crippen molar-refractivity contribution >= 4 is 49.6 Å². The molecule has 0 saturated carbocycles. The summed E-state index contributed by atoms with van der Waals surface area (Å²) in [7, 11) is 0. The molecule has 0 atom stereocenters. The lowest BCUT2D eigenvalue weighted by Crippen LogP contribution is -1.92. The molecule has 0 N–H and O–H groups in total. The second-order valence-electron chi connectivity index (χ2n) is 10.6. The van der Waals surface area contributed by atoms with E-state index in [1.165, 1.54) is 0 Å². The van der Waals surface area contributed by atoms with Crippen molar-refractivity contribution in [3.63, 3.8) is 0 Å². The summed E-state index contributed by atoms with van der Waals surface area (Å²) >= 11 is 0. The summed E-state index contributed by atoms with van der Waals surface area (Å²) < 4.78 is 85.0. The van der Waals surface area contributed by atoms with Gasteiger partial charge in [0.15, 0.2) is 0 Å². The van der Waals surface area contributed by atoms with Gasteiger partial charge in [-0.25, -0.2) is 0 Å². The summed E-state index contributed by atoms with van der Waals surface area (Å²) in [5.74, 6) is 0. The Morgan fingerprint density at radius 2 is 1.18 bits per heavy atom. The maximum Gasteiger partial charge on any atom is 0.136 e. The van der Waals surface area contributed by atoms with Gasteiger partial charge in [0.05, 0.1) is 12.3 Å². The van der Waals surface area contributed by atoms with Gasteiger partial charge in [0.1, 0.15) is 11.2 Å². The molecular weight excluding hydrogens is 544 g/mol. The van der Waals surface area contributed by atoms with E-state index < -0.39 is 42.3 Å². The second-order valence-corrected chi connectivity index (χ2v) is 10.6. The van der Waals surface area contributed by atoms with Crippen molar-refractivity contribution in [2.75, 3.05) is 0 Å². The molecule has 0 saturated heterocycles. The van der Waals surface area contributed by atoms with Crippen LogP contribution >= 0.6 is 0 Å². The predicted molar refractivity (Wildman–Crippen MR) is 193 cm³/mol. The first-order valence-corrected chi connectivity index (χ1v) is 14.6. The number of rotatable bonds is 6. The minimum Gasteiger partial charge on any atom is -0.456 e. The van der Waals surface area contributed by atoms with Gasteiger partial charge in [0.25, 0.3) is 0 Å². The molecule has 0 fully saturated rings. The number of fused-ring (bicyclic) bond motifs is 5. The molecule has 1 aromatic heterocycles. The molecule has 0 bridgehead atoms. The maximum atomic E-state index is 9.56. The first kappa shape index (κ1) is 18.7. The van der Waals surface area contributed by atoms with E-state index in [9.17, 15) is 2.74 Å². The monoisotopic (exact) mass is 583 g/mol. The van der Waals surface area contributed by atoms with E-state index in [1.807, 2.05) is 103 Å². The van der Waals surface area contributed by atoms with Crippen molar-refractivity contribution in [2.24, 2.45) is 0 Å². The molecule has 7 aromatic carbocycles. The summed E-state index contributed by atoms with van der Waals surface area (Å²) in [6, 6.07) is 22.5. The summed E-state index contributed by atoms with van der Waals surface area (Å²) in [4.78, 5) is 0. The highest BCUT2D eigenvalue weighted by molar-refractivity contribution is 6.25. The van der Waals surface area contributed by atoms with E-state index >= 15 is 0 Å². The molecular formula is C44H30O. The topological polar surface area (TPSA) is 13.1 Å². The lowest BCUT2D eigenvalue weighted by atomic mass is 9.84. The number of allylic oxidation sites excluding steroid dienone is 4. The molecule has 1 nitrogen and oxygen atoms in total. The average molecular weight is 584 g/mol. The van der Waals surface area contributed by atoms with Crippen LogP contribution in [0.15, 0.2) is 175 Å². The van der Waals surface area contributed by atoms with Crippen LogP contribution in [-0.2, 0) is 0 Å². The van der Waals surface area contributed by atoms with Crippen molar-refractivity contribution < 1.29 is 16.8 Å². The van der Waals surface area contributed by atoms with Crippen LogP contribution in [0.2, 0.25) is 0 Å². The van der Waals surface area contributed by atoms with Crippen LogP contribution in [0.3, 0.4) is 0 Å². The summed E-state index contributed by atoms with van der Waals surface area (Å²) in [6.45, 7) is 3.75. The van der Waals surface area contributed by atoms with Crippen LogP contribution in [0.25, 0.3) is 82.9 Å². The Labute approximate surface area is 275 Å². The normalized spacial score (nSPS) is 14.7. The minimum atomic E-state index is -0.611. The van der Waals surface area contributed by atoms with Crippen molar-refractivity contribution in [1.29, 1.82) is 0 Å². The van der Waals surface area contributed by atoms with Gasteiger partial charge in [-0.15, -0.1) is 0 Å². The van der Waals surface area contributed by atoms with E-state index in [0.29, 0.717) is 21.9 Å². The zero-order chi connectivity index (χ0) is 38.0. The van der Waals surface area contributed by atoms with Gasteiger partial charge in [0, 0.05) is 10.8 Å². The van der Waals surface area contributed by atoms with E-state index in [-0.39, 0.29) is 28.8 Å². The Morgan fingerprint density at radius 3 is 1.89 bits per heavy atom. The third kappa shape index (κ3) is 4.67. The molecule has 1 heterocycles. The predicted octanol–water partition coefficient (Wildman–Crippen LogP) is 12.6. The van der Waals surface area contributed by atoms with Gasteiger partial charge in [0.2, 0.25) is 0 Å². The zero-order valence-corrected chi connectivity index (χ0v) is 24.1. The molecule has 0 unspecified atom stereocenters. The highest BCUT2D eigenvalue weighted by atomic mass is 16.3. The van der Waals surface area contributed by atoms with Crippen LogP contribution in [0.5, 0.6) is 0 Å². The van der Waals surface area contributed by atoms with Crippen LogP contribution in [-0.4, -0.2) is 0 Å². The lowest BCUT2D eigenvalue weighted by molar-refractivity contribution is 0.669. The molecule has 0 spiro atoms. The SMILES string of the molecule is [2H]c1c([2H])c([2H])c(-c2c([2H])c([2H])c([2H])c(-c3c4ccccc4c(-c4cc(/C=C/C=C\C=C)cc5oc6ccccc6c45)c4ccccc34)c2[2H])c([2H])c1[2H]. The summed E-state index contributed by atoms with van der Waals surface area (Å²) in [5, 5.41) is 4.81. The highest BCUT2D eigenvalue weighted by Gasteiger charge is 2.21. The van der Waals surface area contributed by atoms with Gasteiger partial charge in [-0.05, 0) is 84.7 Å². The maximum absolute atomic E-state index is 9.56. The smallest absolute Gasteiger partial charge is 0.136 e.